The number of thioether (sulfide) groups is 1. The molecule has 3 rings (SSSR count). The molecule has 0 aliphatic carbocycles. The fourth-order valence-electron chi connectivity index (χ4n) is 2.30. The van der Waals surface area contributed by atoms with Crippen LogP contribution in [-0.2, 0) is 4.79 Å². The van der Waals surface area contributed by atoms with Crippen LogP contribution in [0.3, 0.4) is 0 Å². The van der Waals surface area contributed by atoms with E-state index in [1.807, 2.05) is 26.0 Å². The standard InChI is InChI=1S/C18H14BrFN2OS/c1-10-7-14(8-11(2)16(10)19)21-18-22-17(23)15(24-18)9-12-3-5-13(20)6-4-12/h3-9H,1-2H3,(H,21,22,23)/b15-9-. The normalized spacial score (nSPS) is 17.6. The number of nitrogens with one attached hydrogen (secondary N) is 1. The number of nitrogens with zero attached hydrogens (tertiary/aromatic N) is 1. The summed E-state index contributed by atoms with van der Waals surface area (Å²) >= 11 is 4.80. The minimum atomic E-state index is -0.302. The van der Waals surface area contributed by atoms with Gasteiger partial charge in [-0.25, -0.2) is 9.38 Å². The highest BCUT2D eigenvalue weighted by Crippen LogP contribution is 2.30. The van der Waals surface area contributed by atoms with E-state index in [-0.39, 0.29) is 11.7 Å². The van der Waals surface area contributed by atoms with E-state index >= 15 is 0 Å². The summed E-state index contributed by atoms with van der Waals surface area (Å²) in [5.74, 6) is -0.502. The maximum absolute atomic E-state index is 12.9. The van der Waals surface area contributed by atoms with Crippen LogP contribution in [0.25, 0.3) is 6.08 Å². The molecule has 1 saturated heterocycles. The molecule has 1 aliphatic heterocycles. The molecule has 24 heavy (non-hydrogen) atoms. The molecule has 1 N–H and O–H groups in total. The van der Waals surface area contributed by atoms with Gasteiger partial charge in [0.05, 0.1) is 10.6 Å². The second kappa shape index (κ2) is 6.91. The maximum atomic E-state index is 12.9. The highest BCUT2D eigenvalue weighted by molar-refractivity contribution is 9.10. The van der Waals surface area contributed by atoms with Gasteiger partial charge in [-0.1, -0.05) is 28.1 Å². The molecule has 0 unspecified atom stereocenters. The average Bonchev–Trinajstić information content (AvgIpc) is 2.86. The number of hydrogen-bond acceptors (Lipinski definition) is 3. The van der Waals surface area contributed by atoms with Crippen molar-refractivity contribution in [3.05, 3.63) is 68.3 Å². The lowest BCUT2D eigenvalue weighted by atomic mass is 10.1. The molecule has 0 atom stereocenters. The number of halogens is 2. The Kier molecular flexibility index (Phi) is 4.87. The van der Waals surface area contributed by atoms with E-state index in [0.29, 0.717) is 10.1 Å². The quantitative estimate of drug-likeness (QED) is 0.707. The minimum Gasteiger partial charge on any atom is -0.300 e. The highest BCUT2D eigenvalue weighted by atomic mass is 79.9. The third-order valence-electron chi connectivity index (χ3n) is 3.47. The number of hydrogen-bond donors (Lipinski definition) is 1. The van der Waals surface area contributed by atoms with E-state index in [1.165, 1.54) is 23.9 Å². The lowest BCUT2D eigenvalue weighted by Gasteiger charge is -2.04. The second-order valence-corrected chi connectivity index (χ2v) is 7.25. The first-order chi connectivity index (χ1) is 11.4. The molecule has 1 fully saturated rings. The smallest absolute Gasteiger partial charge is 0.264 e. The number of amides is 1. The highest BCUT2D eigenvalue weighted by Gasteiger charge is 2.23. The van der Waals surface area contributed by atoms with E-state index in [4.69, 9.17) is 0 Å². The van der Waals surface area contributed by atoms with Crippen molar-refractivity contribution in [1.82, 2.24) is 5.32 Å². The van der Waals surface area contributed by atoms with E-state index in [9.17, 15) is 9.18 Å². The van der Waals surface area contributed by atoms with Gasteiger partial charge in [-0.2, -0.15) is 0 Å². The molecule has 122 valence electrons. The molecule has 0 aromatic heterocycles. The minimum absolute atomic E-state index is 0.200. The molecular weight excluding hydrogens is 391 g/mol. The number of aliphatic imine (C=N–C) groups is 1. The summed E-state index contributed by atoms with van der Waals surface area (Å²) in [4.78, 5) is 17.1. The molecular formula is C18H14BrFN2OS. The average molecular weight is 405 g/mol. The van der Waals surface area contributed by atoms with Gasteiger partial charge in [0.25, 0.3) is 5.91 Å². The Morgan fingerprint density at radius 1 is 1.17 bits per heavy atom. The van der Waals surface area contributed by atoms with Crippen molar-refractivity contribution >= 4 is 50.5 Å². The van der Waals surface area contributed by atoms with Crippen LogP contribution in [0.5, 0.6) is 0 Å². The van der Waals surface area contributed by atoms with Crippen LogP contribution in [0.15, 0.2) is 50.8 Å². The third-order valence-corrected chi connectivity index (χ3v) is 5.63. The third kappa shape index (κ3) is 3.76. The molecule has 0 radical (unpaired) electrons. The Morgan fingerprint density at radius 3 is 2.42 bits per heavy atom. The van der Waals surface area contributed by atoms with E-state index in [0.717, 1.165) is 26.9 Å². The monoisotopic (exact) mass is 404 g/mol. The lowest BCUT2D eigenvalue weighted by molar-refractivity contribution is -0.115. The van der Waals surface area contributed by atoms with E-state index < -0.39 is 0 Å². The zero-order valence-electron chi connectivity index (χ0n) is 13.1. The zero-order valence-corrected chi connectivity index (χ0v) is 15.5. The number of carbonyl (C=O) groups is 1. The van der Waals surface area contributed by atoms with Crippen molar-refractivity contribution in [2.24, 2.45) is 4.99 Å². The van der Waals surface area contributed by atoms with Crippen LogP contribution in [0, 0.1) is 19.7 Å². The van der Waals surface area contributed by atoms with Crippen molar-refractivity contribution < 1.29 is 9.18 Å². The van der Waals surface area contributed by atoms with Crippen molar-refractivity contribution in [1.29, 1.82) is 0 Å². The first-order valence-electron chi connectivity index (χ1n) is 7.24. The largest absolute Gasteiger partial charge is 0.300 e. The Bertz CT molecular complexity index is 852. The second-order valence-electron chi connectivity index (χ2n) is 5.43. The van der Waals surface area contributed by atoms with Crippen LogP contribution in [0.2, 0.25) is 0 Å². The summed E-state index contributed by atoms with van der Waals surface area (Å²) < 4.78 is 14.0. The van der Waals surface area contributed by atoms with Crippen LogP contribution in [0.4, 0.5) is 10.1 Å². The topological polar surface area (TPSA) is 41.5 Å². The van der Waals surface area contributed by atoms with Gasteiger partial charge in [-0.15, -0.1) is 0 Å². The molecule has 1 aliphatic rings. The molecule has 2 aromatic carbocycles. The Morgan fingerprint density at radius 2 is 1.79 bits per heavy atom. The summed E-state index contributed by atoms with van der Waals surface area (Å²) in [6.07, 6.45) is 1.72. The summed E-state index contributed by atoms with van der Waals surface area (Å²) in [6.45, 7) is 4.00. The molecule has 1 amide bonds. The van der Waals surface area contributed by atoms with Crippen molar-refractivity contribution in [2.75, 3.05) is 0 Å². The van der Waals surface area contributed by atoms with Gasteiger partial charge in [0.1, 0.15) is 5.82 Å². The Hall–Kier alpha value is -1.92. The molecule has 0 bridgehead atoms. The molecule has 0 saturated carbocycles. The van der Waals surface area contributed by atoms with Crippen LogP contribution in [-0.4, -0.2) is 11.1 Å². The number of amidine groups is 1. The number of rotatable bonds is 2. The maximum Gasteiger partial charge on any atom is 0.264 e. The van der Waals surface area contributed by atoms with Crippen molar-refractivity contribution in [2.45, 2.75) is 13.8 Å². The van der Waals surface area contributed by atoms with Gasteiger partial charge in [-0.3, -0.25) is 4.79 Å². The fourth-order valence-corrected chi connectivity index (χ4v) is 3.37. The van der Waals surface area contributed by atoms with Crippen LogP contribution in [0.1, 0.15) is 16.7 Å². The number of benzene rings is 2. The zero-order chi connectivity index (χ0) is 17.3. The van der Waals surface area contributed by atoms with Crippen molar-refractivity contribution in [3.8, 4) is 0 Å². The van der Waals surface area contributed by atoms with Crippen molar-refractivity contribution in [3.63, 3.8) is 0 Å². The Labute approximate surface area is 152 Å². The van der Waals surface area contributed by atoms with E-state index in [2.05, 4.69) is 26.2 Å². The van der Waals surface area contributed by atoms with Gasteiger partial charge >= 0.3 is 0 Å². The molecule has 3 nitrogen and oxygen atoms in total. The van der Waals surface area contributed by atoms with Crippen LogP contribution < -0.4 is 5.32 Å². The predicted molar refractivity (Wildman–Crippen MR) is 101 cm³/mol. The molecule has 6 heteroatoms. The Balaban J connectivity index is 1.85. The van der Waals surface area contributed by atoms with Gasteiger partial charge in [0.2, 0.25) is 0 Å². The molecule has 1 heterocycles. The fraction of sp³-hybridized carbons (Fsp3) is 0.111. The molecule has 2 aromatic rings. The first kappa shape index (κ1) is 16.9. The first-order valence-corrected chi connectivity index (χ1v) is 8.85. The summed E-state index contributed by atoms with van der Waals surface area (Å²) in [5, 5.41) is 3.29. The van der Waals surface area contributed by atoms with Gasteiger partial charge in [0.15, 0.2) is 5.17 Å². The number of aryl methyl sites for hydroxylation is 2. The SMILES string of the molecule is Cc1cc(N=C2NC(=O)/C(=C/c3ccc(F)cc3)S2)cc(C)c1Br. The van der Waals surface area contributed by atoms with Gasteiger partial charge in [-0.05, 0) is 72.6 Å². The van der Waals surface area contributed by atoms with Gasteiger partial charge in [0, 0.05) is 4.47 Å². The summed E-state index contributed by atoms with van der Waals surface area (Å²) in [7, 11) is 0. The summed E-state index contributed by atoms with van der Waals surface area (Å²) in [5.41, 5.74) is 3.74. The number of carbonyl (C=O) groups excluding carboxylic acids is 1. The predicted octanol–water partition coefficient (Wildman–Crippen LogP) is 5.10. The lowest BCUT2D eigenvalue weighted by Crippen LogP contribution is -2.19. The van der Waals surface area contributed by atoms with E-state index in [1.54, 1.807) is 18.2 Å². The van der Waals surface area contributed by atoms with Gasteiger partial charge < -0.3 is 5.32 Å². The molecule has 0 spiro atoms. The summed E-state index contributed by atoms with van der Waals surface area (Å²) in [6, 6.07) is 9.91. The van der Waals surface area contributed by atoms with Crippen LogP contribution >= 0.6 is 27.7 Å².